The highest BCUT2D eigenvalue weighted by Gasteiger charge is 2.45. The Bertz CT molecular complexity index is 438. The topological polar surface area (TPSA) is 46.5 Å². The van der Waals surface area contributed by atoms with E-state index in [1.165, 1.54) is 0 Å². The summed E-state index contributed by atoms with van der Waals surface area (Å²) in [6.45, 7) is 2.50. The van der Waals surface area contributed by atoms with Gasteiger partial charge in [0.15, 0.2) is 0 Å². The Morgan fingerprint density at radius 1 is 1.53 bits per heavy atom. The van der Waals surface area contributed by atoms with E-state index in [1.807, 2.05) is 25.1 Å². The van der Waals surface area contributed by atoms with Crippen molar-refractivity contribution in [2.24, 2.45) is 5.41 Å². The first-order valence-electron chi connectivity index (χ1n) is 5.62. The summed E-state index contributed by atoms with van der Waals surface area (Å²) in [7, 11) is 0. The van der Waals surface area contributed by atoms with Crippen LogP contribution in [0.25, 0.3) is 0 Å². The van der Waals surface area contributed by atoms with E-state index in [0.717, 1.165) is 28.6 Å². The fourth-order valence-electron chi connectivity index (χ4n) is 1.82. The Morgan fingerprint density at radius 2 is 2.24 bits per heavy atom. The molecule has 1 aliphatic carbocycles. The first kappa shape index (κ1) is 12.4. The molecule has 0 radical (unpaired) electrons. The molecule has 0 spiro atoms. The molecule has 0 saturated heterocycles. The number of halogens is 1. The van der Waals surface area contributed by atoms with Gasteiger partial charge in [-0.25, -0.2) is 0 Å². The van der Waals surface area contributed by atoms with Crippen LogP contribution in [0.15, 0.2) is 22.7 Å². The molecule has 0 amide bonds. The molecule has 0 heterocycles. The van der Waals surface area contributed by atoms with Gasteiger partial charge in [0, 0.05) is 5.41 Å². The van der Waals surface area contributed by atoms with Crippen LogP contribution in [0.1, 0.15) is 24.8 Å². The predicted octanol–water partition coefficient (Wildman–Crippen LogP) is 3.39. The van der Waals surface area contributed by atoms with Crippen molar-refractivity contribution in [2.45, 2.75) is 26.2 Å². The van der Waals surface area contributed by atoms with Crippen LogP contribution in [-0.4, -0.2) is 17.7 Å². The average molecular weight is 299 g/mol. The molecular weight excluding hydrogens is 284 g/mol. The van der Waals surface area contributed by atoms with E-state index in [0.29, 0.717) is 6.61 Å². The summed E-state index contributed by atoms with van der Waals surface area (Å²) in [6, 6.07) is 5.89. The van der Waals surface area contributed by atoms with E-state index < -0.39 is 5.97 Å². The van der Waals surface area contributed by atoms with Gasteiger partial charge in [0.25, 0.3) is 0 Å². The highest BCUT2D eigenvalue weighted by molar-refractivity contribution is 9.10. The molecule has 92 valence electrons. The van der Waals surface area contributed by atoms with Crippen LogP contribution in [0, 0.1) is 12.3 Å². The summed E-state index contributed by atoms with van der Waals surface area (Å²) < 4.78 is 6.63. The zero-order valence-corrected chi connectivity index (χ0v) is 11.3. The summed E-state index contributed by atoms with van der Waals surface area (Å²) in [5, 5.41) is 8.81. The van der Waals surface area contributed by atoms with Crippen molar-refractivity contribution in [3.8, 4) is 5.75 Å². The van der Waals surface area contributed by atoms with Gasteiger partial charge < -0.3 is 9.84 Å². The molecule has 2 rings (SSSR count). The summed E-state index contributed by atoms with van der Waals surface area (Å²) in [5.41, 5.74) is 1.03. The molecule has 17 heavy (non-hydrogen) atoms. The molecule has 0 unspecified atom stereocenters. The average Bonchev–Trinajstić information content (AvgIpc) is 2.96. The maximum absolute atomic E-state index is 10.7. The van der Waals surface area contributed by atoms with Crippen molar-refractivity contribution in [3.05, 3.63) is 28.2 Å². The molecule has 3 nitrogen and oxygen atoms in total. The summed E-state index contributed by atoms with van der Waals surface area (Å²) in [5.74, 6) is 0.0429. The number of hydrogen-bond donors (Lipinski definition) is 1. The third-order valence-electron chi connectivity index (χ3n) is 3.10. The van der Waals surface area contributed by atoms with Crippen molar-refractivity contribution < 1.29 is 14.6 Å². The molecule has 0 atom stereocenters. The van der Waals surface area contributed by atoms with Crippen LogP contribution in [0.3, 0.4) is 0 Å². The lowest BCUT2D eigenvalue weighted by atomic mass is 10.0. The lowest BCUT2D eigenvalue weighted by molar-refractivity contribution is -0.138. The summed E-state index contributed by atoms with van der Waals surface area (Å²) in [6.07, 6.45) is 2.10. The molecule has 1 saturated carbocycles. The Morgan fingerprint density at radius 3 is 2.76 bits per heavy atom. The van der Waals surface area contributed by atoms with Crippen LogP contribution in [0.5, 0.6) is 5.75 Å². The van der Waals surface area contributed by atoms with E-state index in [1.54, 1.807) is 0 Å². The van der Waals surface area contributed by atoms with Gasteiger partial charge in [0.05, 0.1) is 17.5 Å². The number of hydrogen-bond acceptors (Lipinski definition) is 2. The molecule has 1 fully saturated rings. The van der Waals surface area contributed by atoms with Gasteiger partial charge in [-0.1, -0.05) is 6.07 Å². The monoisotopic (exact) mass is 298 g/mol. The number of ether oxygens (including phenoxy) is 1. The van der Waals surface area contributed by atoms with Crippen molar-refractivity contribution in [1.82, 2.24) is 0 Å². The van der Waals surface area contributed by atoms with Gasteiger partial charge in [-0.3, -0.25) is 4.79 Å². The van der Waals surface area contributed by atoms with Crippen LogP contribution in [0.4, 0.5) is 0 Å². The van der Waals surface area contributed by atoms with Gasteiger partial charge in [-0.15, -0.1) is 0 Å². The van der Waals surface area contributed by atoms with Crippen LogP contribution in [0.2, 0.25) is 0 Å². The quantitative estimate of drug-likeness (QED) is 0.906. The van der Waals surface area contributed by atoms with E-state index in [-0.39, 0.29) is 11.8 Å². The number of carboxylic acids is 1. The SMILES string of the molecule is Cc1ccc(OCC2(CC(=O)O)CC2)c(Br)c1. The number of aryl methyl sites for hydroxylation is 1. The van der Waals surface area contributed by atoms with Crippen molar-refractivity contribution in [3.63, 3.8) is 0 Å². The fraction of sp³-hybridized carbons (Fsp3) is 0.462. The maximum Gasteiger partial charge on any atom is 0.304 e. The van der Waals surface area contributed by atoms with Gasteiger partial charge in [0.2, 0.25) is 0 Å². The second-order valence-corrected chi connectivity index (χ2v) is 5.65. The number of carboxylic acid groups (broad SMARTS) is 1. The van der Waals surface area contributed by atoms with Crippen LogP contribution in [-0.2, 0) is 4.79 Å². The van der Waals surface area contributed by atoms with Crippen LogP contribution >= 0.6 is 15.9 Å². The number of benzene rings is 1. The van der Waals surface area contributed by atoms with Gasteiger partial charge >= 0.3 is 5.97 Å². The lowest BCUT2D eigenvalue weighted by Crippen LogP contribution is -2.17. The molecule has 1 aliphatic rings. The van der Waals surface area contributed by atoms with E-state index >= 15 is 0 Å². The van der Waals surface area contributed by atoms with Crippen molar-refractivity contribution in [1.29, 1.82) is 0 Å². The molecule has 0 aromatic heterocycles. The van der Waals surface area contributed by atoms with E-state index in [9.17, 15) is 4.79 Å². The molecule has 0 aliphatic heterocycles. The Balaban J connectivity index is 1.96. The van der Waals surface area contributed by atoms with Crippen molar-refractivity contribution >= 4 is 21.9 Å². The third kappa shape index (κ3) is 3.22. The zero-order valence-electron chi connectivity index (χ0n) is 9.70. The normalized spacial score (nSPS) is 16.6. The summed E-state index contributed by atoms with van der Waals surface area (Å²) in [4.78, 5) is 10.7. The molecule has 1 N–H and O–H groups in total. The third-order valence-corrected chi connectivity index (χ3v) is 3.72. The summed E-state index contributed by atoms with van der Waals surface area (Å²) >= 11 is 3.44. The highest BCUT2D eigenvalue weighted by Crippen LogP contribution is 2.49. The molecule has 1 aromatic rings. The number of rotatable bonds is 5. The first-order chi connectivity index (χ1) is 8.01. The minimum absolute atomic E-state index is 0.129. The van der Waals surface area contributed by atoms with E-state index in [4.69, 9.17) is 9.84 Å². The molecular formula is C13H15BrO3. The Labute approximate surface area is 109 Å². The lowest BCUT2D eigenvalue weighted by Gasteiger charge is -2.15. The number of aliphatic carboxylic acids is 1. The van der Waals surface area contributed by atoms with Gasteiger partial charge in [-0.2, -0.15) is 0 Å². The minimum Gasteiger partial charge on any atom is -0.492 e. The first-order valence-corrected chi connectivity index (χ1v) is 6.41. The molecule has 4 heteroatoms. The second kappa shape index (κ2) is 4.69. The van der Waals surface area contributed by atoms with Gasteiger partial charge in [0.1, 0.15) is 5.75 Å². The smallest absolute Gasteiger partial charge is 0.304 e. The molecule has 0 bridgehead atoms. The zero-order chi connectivity index (χ0) is 12.5. The second-order valence-electron chi connectivity index (χ2n) is 4.79. The minimum atomic E-state index is -0.742. The Hall–Kier alpha value is -1.03. The highest BCUT2D eigenvalue weighted by atomic mass is 79.9. The largest absolute Gasteiger partial charge is 0.492 e. The predicted molar refractivity (Wildman–Crippen MR) is 68.3 cm³/mol. The van der Waals surface area contributed by atoms with Crippen molar-refractivity contribution in [2.75, 3.05) is 6.61 Å². The van der Waals surface area contributed by atoms with E-state index in [2.05, 4.69) is 15.9 Å². The Kier molecular flexibility index (Phi) is 3.43. The standard InChI is InChI=1S/C13H15BrO3/c1-9-2-3-11(10(14)6-9)17-8-13(4-5-13)7-12(15)16/h2-3,6H,4-5,7-8H2,1H3,(H,15,16). The van der Waals surface area contributed by atoms with Gasteiger partial charge in [-0.05, 0) is 53.4 Å². The number of carbonyl (C=O) groups is 1. The fourth-order valence-corrected chi connectivity index (χ4v) is 2.43. The van der Waals surface area contributed by atoms with Crippen LogP contribution < -0.4 is 4.74 Å². The molecule has 1 aromatic carbocycles. The maximum atomic E-state index is 10.7.